The topological polar surface area (TPSA) is 52.9 Å². The van der Waals surface area contributed by atoms with Gasteiger partial charge in [0.2, 0.25) is 5.91 Å². The van der Waals surface area contributed by atoms with E-state index in [9.17, 15) is 23.2 Å². The van der Waals surface area contributed by atoms with E-state index in [0.717, 1.165) is 25.3 Å². The predicted molar refractivity (Wildman–Crippen MR) is 75.9 cm³/mol. The van der Waals surface area contributed by atoms with Crippen molar-refractivity contribution >= 4 is 11.6 Å². The second kappa shape index (κ2) is 5.99. The molecule has 0 spiro atoms. The number of halogens is 3. The monoisotopic (exact) mass is 310 g/mol. The van der Waals surface area contributed by atoms with Crippen LogP contribution < -0.4 is 5.32 Å². The van der Waals surface area contributed by atoms with E-state index in [-0.39, 0.29) is 11.3 Å². The van der Waals surface area contributed by atoms with Crippen molar-refractivity contribution in [3.8, 4) is 6.07 Å². The number of carbonyl (C=O) groups excluding carboxylic acids is 1. The number of rotatable bonds is 2. The van der Waals surface area contributed by atoms with Gasteiger partial charge in [-0.3, -0.25) is 4.79 Å². The zero-order chi connectivity index (χ0) is 16.4. The first-order chi connectivity index (χ1) is 10.3. The molecule has 1 N–H and O–H groups in total. The molecule has 0 atom stereocenters. The molecule has 0 bridgehead atoms. The van der Waals surface area contributed by atoms with E-state index < -0.39 is 23.1 Å². The van der Waals surface area contributed by atoms with E-state index in [4.69, 9.17) is 0 Å². The van der Waals surface area contributed by atoms with Gasteiger partial charge in [0.15, 0.2) is 0 Å². The van der Waals surface area contributed by atoms with E-state index in [0.29, 0.717) is 12.8 Å². The molecule has 118 valence electrons. The van der Waals surface area contributed by atoms with Crippen molar-refractivity contribution in [2.24, 2.45) is 5.41 Å². The molecule has 22 heavy (non-hydrogen) atoms. The van der Waals surface area contributed by atoms with Crippen molar-refractivity contribution in [3.63, 3.8) is 0 Å². The van der Waals surface area contributed by atoms with Gasteiger partial charge in [-0.05, 0) is 37.5 Å². The van der Waals surface area contributed by atoms with Crippen molar-refractivity contribution in [2.45, 2.75) is 45.2 Å². The molecule has 1 amide bonds. The molecule has 0 aliphatic heterocycles. The molecule has 6 heteroatoms. The molecule has 2 rings (SSSR count). The summed E-state index contributed by atoms with van der Waals surface area (Å²) in [6, 6.07) is 5.72. The van der Waals surface area contributed by atoms with Crippen LogP contribution in [0.3, 0.4) is 0 Å². The first-order valence-electron chi connectivity index (χ1n) is 7.19. The summed E-state index contributed by atoms with van der Waals surface area (Å²) in [7, 11) is 0. The zero-order valence-corrected chi connectivity index (χ0v) is 12.3. The second-order valence-electron chi connectivity index (χ2n) is 5.74. The highest BCUT2D eigenvalue weighted by molar-refractivity contribution is 5.97. The van der Waals surface area contributed by atoms with E-state index in [1.165, 1.54) is 19.1 Å². The van der Waals surface area contributed by atoms with Gasteiger partial charge >= 0.3 is 6.18 Å². The number of carbonyl (C=O) groups is 1. The summed E-state index contributed by atoms with van der Waals surface area (Å²) in [4.78, 5) is 12.4. The number of benzene rings is 1. The van der Waals surface area contributed by atoms with Gasteiger partial charge in [-0.25, -0.2) is 0 Å². The number of nitriles is 1. The molecule has 0 saturated heterocycles. The Labute approximate surface area is 127 Å². The number of anilines is 1. The van der Waals surface area contributed by atoms with Gasteiger partial charge in [-0.15, -0.1) is 0 Å². The summed E-state index contributed by atoms with van der Waals surface area (Å²) >= 11 is 0. The van der Waals surface area contributed by atoms with Crippen LogP contribution in [0.2, 0.25) is 0 Å². The number of nitrogens with one attached hydrogen (secondary N) is 1. The van der Waals surface area contributed by atoms with Crippen LogP contribution in [-0.2, 0) is 11.0 Å². The first kappa shape index (κ1) is 16.3. The Morgan fingerprint density at radius 1 is 1.27 bits per heavy atom. The predicted octanol–water partition coefficient (Wildman–Crippen LogP) is 4.43. The Bertz CT molecular complexity index is 611. The van der Waals surface area contributed by atoms with Gasteiger partial charge < -0.3 is 5.32 Å². The van der Waals surface area contributed by atoms with Gasteiger partial charge in [-0.1, -0.05) is 25.3 Å². The number of hydrogen-bond acceptors (Lipinski definition) is 2. The van der Waals surface area contributed by atoms with E-state index in [1.54, 1.807) is 0 Å². The maximum Gasteiger partial charge on any atom is 0.416 e. The Kier molecular flexibility index (Phi) is 4.45. The molecule has 1 aliphatic rings. The summed E-state index contributed by atoms with van der Waals surface area (Å²) in [5.74, 6) is -0.508. The van der Waals surface area contributed by atoms with Crippen molar-refractivity contribution in [1.29, 1.82) is 5.26 Å². The van der Waals surface area contributed by atoms with E-state index in [2.05, 4.69) is 11.4 Å². The Morgan fingerprint density at radius 3 is 2.45 bits per heavy atom. The Morgan fingerprint density at radius 2 is 1.91 bits per heavy atom. The molecule has 0 heterocycles. The van der Waals surface area contributed by atoms with Crippen molar-refractivity contribution < 1.29 is 18.0 Å². The molecule has 1 fully saturated rings. The number of amides is 1. The number of alkyl halides is 3. The summed E-state index contributed by atoms with van der Waals surface area (Å²) in [6.45, 7) is 1.37. The van der Waals surface area contributed by atoms with Crippen LogP contribution in [0.5, 0.6) is 0 Å². The molecule has 0 radical (unpaired) electrons. The fraction of sp³-hybridized carbons (Fsp3) is 0.500. The second-order valence-corrected chi connectivity index (χ2v) is 5.74. The lowest BCUT2D eigenvalue weighted by Crippen LogP contribution is -2.36. The molecule has 1 aromatic rings. The molecule has 3 nitrogen and oxygen atoms in total. The first-order valence-corrected chi connectivity index (χ1v) is 7.19. The van der Waals surface area contributed by atoms with Gasteiger partial charge in [-0.2, -0.15) is 18.4 Å². The third kappa shape index (κ3) is 3.24. The normalized spacial score (nSPS) is 17.6. The van der Waals surface area contributed by atoms with Crippen molar-refractivity contribution in [1.82, 2.24) is 0 Å². The highest BCUT2D eigenvalue weighted by Gasteiger charge is 2.40. The summed E-state index contributed by atoms with van der Waals surface area (Å²) in [5.41, 5.74) is -1.73. The molecular formula is C16H17F3N2O. The zero-order valence-electron chi connectivity index (χ0n) is 12.3. The lowest BCUT2D eigenvalue weighted by Gasteiger charge is -2.29. The quantitative estimate of drug-likeness (QED) is 0.878. The van der Waals surface area contributed by atoms with Crippen molar-refractivity contribution in [2.75, 3.05) is 5.32 Å². The fourth-order valence-electron chi connectivity index (χ4n) is 2.80. The summed E-state index contributed by atoms with van der Waals surface area (Å²) < 4.78 is 38.7. The number of nitrogens with zero attached hydrogens (tertiary/aromatic N) is 1. The number of hydrogen-bond donors (Lipinski definition) is 1. The fourth-order valence-corrected chi connectivity index (χ4v) is 2.80. The van der Waals surface area contributed by atoms with Crippen LogP contribution in [0, 0.1) is 23.7 Å². The Balaban J connectivity index is 2.24. The summed E-state index contributed by atoms with van der Waals surface area (Å²) in [6.07, 6.45) is -1.03. The summed E-state index contributed by atoms with van der Waals surface area (Å²) in [5, 5.41) is 11.8. The largest absolute Gasteiger partial charge is 0.416 e. The molecule has 0 unspecified atom stereocenters. The lowest BCUT2D eigenvalue weighted by molar-refractivity contribution is -0.138. The number of aryl methyl sites for hydroxylation is 1. The maximum absolute atomic E-state index is 12.9. The average molecular weight is 310 g/mol. The van der Waals surface area contributed by atoms with Gasteiger partial charge in [0.1, 0.15) is 5.41 Å². The standard InChI is InChI=1S/C16H17F3N2O/c1-11-5-6-12(9-13(11)16(17,18)19)21-14(22)15(10-20)7-3-2-4-8-15/h5-6,9H,2-4,7-8H2,1H3,(H,21,22). The highest BCUT2D eigenvalue weighted by Crippen LogP contribution is 2.38. The minimum atomic E-state index is -4.47. The molecule has 1 aromatic carbocycles. The highest BCUT2D eigenvalue weighted by atomic mass is 19.4. The van der Waals surface area contributed by atoms with Gasteiger partial charge in [0, 0.05) is 5.69 Å². The smallest absolute Gasteiger partial charge is 0.325 e. The van der Waals surface area contributed by atoms with Crippen LogP contribution in [0.4, 0.5) is 18.9 Å². The molecular weight excluding hydrogens is 293 g/mol. The Hall–Kier alpha value is -2.03. The third-order valence-electron chi connectivity index (χ3n) is 4.16. The van der Waals surface area contributed by atoms with E-state index >= 15 is 0 Å². The maximum atomic E-state index is 12.9. The molecule has 0 aromatic heterocycles. The van der Waals surface area contributed by atoms with Gasteiger partial charge in [0.05, 0.1) is 11.6 Å². The van der Waals surface area contributed by atoms with Crippen molar-refractivity contribution in [3.05, 3.63) is 29.3 Å². The minimum absolute atomic E-state index is 0.0723. The van der Waals surface area contributed by atoms with Crippen LogP contribution in [0.25, 0.3) is 0 Å². The van der Waals surface area contributed by atoms with Crippen LogP contribution in [-0.4, -0.2) is 5.91 Å². The van der Waals surface area contributed by atoms with Crippen LogP contribution in [0.15, 0.2) is 18.2 Å². The SMILES string of the molecule is Cc1ccc(NC(=O)C2(C#N)CCCCC2)cc1C(F)(F)F. The molecule has 1 saturated carbocycles. The lowest BCUT2D eigenvalue weighted by atomic mass is 9.74. The third-order valence-corrected chi connectivity index (χ3v) is 4.16. The average Bonchev–Trinajstić information content (AvgIpc) is 2.48. The van der Waals surface area contributed by atoms with E-state index in [1.807, 2.05) is 0 Å². The minimum Gasteiger partial charge on any atom is -0.325 e. The van der Waals surface area contributed by atoms with Crippen LogP contribution >= 0.6 is 0 Å². The van der Waals surface area contributed by atoms with Crippen LogP contribution in [0.1, 0.15) is 43.2 Å². The van der Waals surface area contributed by atoms with Gasteiger partial charge in [0.25, 0.3) is 0 Å². The molecule has 1 aliphatic carbocycles.